The van der Waals surface area contributed by atoms with Gasteiger partial charge in [-0.3, -0.25) is 14.9 Å². The largest absolute Gasteiger partial charge is 0.368 e. The normalized spacial score (nSPS) is 17.4. The van der Waals surface area contributed by atoms with Crippen LogP contribution in [-0.4, -0.2) is 29.4 Å². The van der Waals surface area contributed by atoms with Crippen molar-refractivity contribution >= 4 is 28.2 Å². The number of rotatable bonds is 4. The highest BCUT2D eigenvalue weighted by Crippen LogP contribution is 2.31. The Morgan fingerprint density at radius 3 is 2.73 bits per heavy atom. The van der Waals surface area contributed by atoms with Crippen LogP contribution < -0.4 is 5.32 Å². The van der Waals surface area contributed by atoms with Crippen molar-refractivity contribution < 1.29 is 14.3 Å². The predicted octanol–water partition coefficient (Wildman–Crippen LogP) is 3.13. The fourth-order valence-corrected chi connectivity index (χ4v) is 3.26. The first-order valence-electron chi connectivity index (χ1n) is 7.15. The molecule has 0 radical (unpaired) electrons. The van der Waals surface area contributed by atoms with E-state index in [9.17, 15) is 9.59 Å². The van der Waals surface area contributed by atoms with Gasteiger partial charge in [-0.1, -0.05) is 41.7 Å². The van der Waals surface area contributed by atoms with E-state index in [0.717, 1.165) is 18.4 Å². The number of benzene rings is 1. The first-order chi connectivity index (χ1) is 10.6. The Bertz CT molecular complexity index is 691. The second kappa shape index (κ2) is 6.37. The Hall–Kier alpha value is -2.05. The van der Waals surface area contributed by atoms with Gasteiger partial charge in [-0.2, -0.15) is 0 Å². The van der Waals surface area contributed by atoms with E-state index in [0.29, 0.717) is 22.3 Å². The number of ketones is 1. The number of carbonyl (C=O) groups is 2. The van der Waals surface area contributed by atoms with Crippen LogP contribution in [0.4, 0.5) is 5.13 Å². The van der Waals surface area contributed by atoms with E-state index >= 15 is 0 Å². The zero-order valence-electron chi connectivity index (χ0n) is 12.2. The van der Waals surface area contributed by atoms with E-state index in [1.807, 2.05) is 30.3 Å². The van der Waals surface area contributed by atoms with Crippen LogP contribution in [0.5, 0.6) is 0 Å². The van der Waals surface area contributed by atoms with Crippen molar-refractivity contribution in [3.05, 3.63) is 35.2 Å². The summed E-state index contributed by atoms with van der Waals surface area (Å²) in [6.45, 7) is 2.12. The van der Waals surface area contributed by atoms with E-state index in [4.69, 9.17) is 4.74 Å². The van der Waals surface area contributed by atoms with Crippen molar-refractivity contribution in [1.29, 1.82) is 0 Å². The molecule has 1 aliphatic heterocycles. The van der Waals surface area contributed by atoms with Gasteiger partial charge >= 0.3 is 0 Å². The molecule has 0 bridgehead atoms. The Morgan fingerprint density at radius 2 is 2.09 bits per heavy atom. The van der Waals surface area contributed by atoms with Gasteiger partial charge in [-0.05, 0) is 12.8 Å². The molecule has 1 saturated heterocycles. The third kappa shape index (κ3) is 3.08. The molecule has 1 aromatic carbocycles. The lowest BCUT2D eigenvalue weighted by Crippen LogP contribution is -2.26. The third-order valence-corrected chi connectivity index (χ3v) is 4.52. The molecule has 1 N–H and O–H groups in total. The summed E-state index contributed by atoms with van der Waals surface area (Å²) in [5, 5.41) is 3.20. The highest BCUT2D eigenvalue weighted by Gasteiger charge is 2.25. The van der Waals surface area contributed by atoms with Gasteiger partial charge in [0.25, 0.3) is 5.91 Å². The van der Waals surface area contributed by atoms with Gasteiger partial charge < -0.3 is 4.74 Å². The number of Topliss-reactive ketones (excluding diaryl/α,β-unsaturated/α-hetero) is 1. The molecule has 2 aromatic rings. The summed E-state index contributed by atoms with van der Waals surface area (Å²) in [7, 11) is 0. The lowest BCUT2D eigenvalue weighted by atomic mass is 10.1. The Morgan fingerprint density at radius 1 is 1.32 bits per heavy atom. The summed E-state index contributed by atoms with van der Waals surface area (Å²) in [6, 6.07) is 9.48. The standard InChI is InChI=1S/C16H16N2O3S/c1-10(19)14-13(11-6-3-2-4-7-11)17-16(22-14)18-15(20)12-8-5-9-21-12/h2-4,6-7,12H,5,8-9H2,1H3,(H,17,18,20). The highest BCUT2D eigenvalue weighted by atomic mass is 32.1. The maximum absolute atomic E-state index is 12.1. The summed E-state index contributed by atoms with van der Waals surface area (Å²) in [4.78, 5) is 28.9. The molecule has 0 aliphatic carbocycles. The van der Waals surface area contributed by atoms with Gasteiger partial charge in [0.15, 0.2) is 10.9 Å². The van der Waals surface area contributed by atoms with Crippen LogP contribution in [0.15, 0.2) is 30.3 Å². The number of hydrogen-bond acceptors (Lipinski definition) is 5. The zero-order chi connectivity index (χ0) is 15.5. The molecule has 2 heterocycles. The number of aromatic nitrogens is 1. The molecule has 1 aliphatic rings. The topological polar surface area (TPSA) is 68.3 Å². The second-order valence-electron chi connectivity index (χ2n) is 5.11. The fraction of sp³-hybridized carbons (Fsp3) is 0.312. The lowest BCUT2D eigenvalue weighted by Gasteiger charge is -2.07. The molecular formula is C16H16N2O3S. The van der Waals surface area contributed by atoms with Gasteiger partial charge in [0.05, 0.1) is 10.6 Å². The van der Waals surface area contributed by atoms with Gasteiger partial charge in [0.2, 0.25) is 0 Å². The summed E-state index contributed by atoms with van der Waals surface area (Å²) >= 11 is 1.20. The van der Waals surface area contributed by atoms with Crippen LogP contribution in [0, 0.1) is 0 Å². The maximum Gasteiger partial charge on any atom is 0.255 e. The summed E-state index contributed by atoms with van der Waals surface area (Å²) < 4.78 is 5.35. The van der Waals surface area contributed by atoms with E-state index in [2.05, 4.69) is 10.3 Å². The van der Waals surface area contributed by atoms with Crippen molar-refractivity contribution in [2.75, 3.05) is 11.9 Å². The third-order valence-electron chi connectivity index (χ3n) is 3.45. The van der Waals surface area contributed by atoms with Crippen molar-refractivity contribution in [3.8, 4) is 11.3 Å². The molecule has 5 nitrogen and oxygen atoms in total. The molecule has 1 amide bonds. The lowest BCUT2D eigenvalue weighted by molar-refractivity contribution is -0.124. The molecule has 0 saturated carbocycles. The molecule has 3 rings (SSSR count). The number of nitrogens with zero attached hydrogens (tertiary/aromatic N) is 1. The van der Waals surface area contributed by atoms with Crippen molar-refractivity contribution in [1.82, 2.24) is 4.98 Å². The molecule has 1 aromatic heterocycles. The quantitative estimate of drug-likeness (QED) is 0.880. The molecule has 0 spiro atoms. The highest BCUT2D eigenvalue weighted by molar-refractivity contribution is 7.18. The minimum atomic E-state index is -0.412. The fourth-order valence-electron chi connectivity index (χ4n) is 2.37. The summed E-state index contributed by atoms with van der Waals surface area (Å²) in [5.74, 6) is -0.255. The molecular weight excluding hydrogens is 300 g/mol. The number of anilines is 1. The number of amides is 1. The predicted molar refractivity (Wildman–Crippen MR) is 85.2 cm³/mol. The van der Waals surface area contributed by atoms with E-state index in [-0.39, 0.29) is 11.7 Å². The van der Waals surface area contributed by atoms with E-state index in [1.54, 1.807) is 0 Å². The van der Waals surface area contributed by atoms with Gasteiger partial charge in [-0.15, -0.1) is 0 Å². The minimum Gasteiger partial charge on any atom is -0.368 e. The number of thiazole rings is 1. The molecule has 1 unspecified atom stereocenters. The van der Waals surface area contributed by atoms with E-state index in [1.165, 1.54) is 18.3 Å². The Labute approximate surface area is 132 Å². The van der Waals surface area contributed by atoms with Crippen molar-refractivity contribution in [2.24, 2.45) is 0 Å². The maximum atomic E-state index is 12.1. The molecule has 114 valence electrons. The Kier molecular flexibility index (Phi) is 4.31. The van der Waals surface area contributed by atoms with Gasteiger partial charge in [-0.25, -0.2) is 4.98 Å². The minimum absolute atomic E-state index is 0.0611. The molecule has 1 fully saturated rings. The first kappa shape index (κ1) is 14.9. The molecule has 22 heavy (non-hydrogen) atoms. The van der Waals surface area contributed by atoms with Crippen LogP contribution in [0.2, 0.25) is 0 Å². The molecule has 1 atom stereocenters. The van der Waals surface area contributed by atoms with Crippen LogP contribution in [0.25, 0.3) is 11.3 Å². The monoisotopic (exact) mass is 316 g/mol. The van der Waals surface area contributed by atoms with Crippen LogP contribution >= 0.6 is 11.3 Å². The second-order valence-corrected chi connectivity index (χ2v) is 6.11. The van der Waals surface area contributed by atoms with Crippen LogP contribution in [0.1, 0.15) is 29.4 Å². The summed E-state index contributed by atoms with van der Waals surface area (Å²) in [6.07, 6.45) is 1.21. The van der Waals surface area contributed by atoms with E-state index < -0.39 is 6.10 Å². The van der Waals surface area contributed by atoms with Crippen molar-refractivity contribution in [3.63, 3.8) is 0 Å². The van der Waals surface area contributed by atoms with Gasteiger partial charge in [0, 0.05) is 19.1 Å². The van der Waals surface area contributed by atoms with Crippen LogP contribution in [-0.2, 0) is 9.53 Å². The van der Waals surface area contributed by atoms with Gasteiger partial charge in [0.1, 0.15) is 6.10 Å². The number of hydrogen-bond donors (Lipinski definition) is 1. The van der Waals surface area contributed by atoms with Crippen LogP contribution in [0.3, 0.4) is 0 Å². The zero-order valence-corrected chi connectivity index (χ0v) is 13.0. The number of ether oxygens (including phenoxy) is 1. The number of carbonyl (C=O) groups excluding carboxylic acids is 2. The SMILES string of the molecule is CC(=O)c1sc(NC(=O)C2CCCO2)nc1-c1ccccc1. The molecule has 6 heteroatoms. The summed E-state index contributed by atoms with van der Waals surface area (Å²) in [5.41, 5.74) is 1.47. The average Bonchev–Trinajstić information content (AvgIpc) is 3.17. The average molecular weight is 316 g/mol. The van der Waals surface area contributed by atoms with Crippen molar-refractivity contribution in [2.45, 2.75) is 25.9 Å². The first-order valence-corrected chi connectivity index (χ1v) is 7.96. The number of nitrogens with one attached hydrogen (secondary N) is 1. The smallest absolute Gasteiger partial charge is 0.255 e. The Balaban J connectivity index is 1.87.